The van der Waals surface area contributed by atoms with E-state index < -0.39 is 10.0 Å². The maximum Gasteiger partial charge on any atom is 0.264 e. The lowest BCUT2D eigenvalue weighted by Crippen LogP contribution is -2.25. The van der Waals surface area contributed by atoms with E-state index in [2.05, 4.69) is 21.8 Å². The van der Waals surface area contributed by atoms with E-state index in [-0.39, 0.29) is 10.9 Å². The number of rotatable bonds is 5. The molecule has 6 heteroatoms. The average molecular weight is 389 g/mol. The van der Waals surface area contributed by atoms with Crippen LogP contribution in [0.3, 0.4) is 0 Å². The number of hydrogen-bond donors (Lipinski definition) is 1. The van der Waals surface area contributed by atoms with E-state index in [9.17, 15) is 8.42 Å². The van der Waals surface area contributed by atoms with Gasteiger partial charge in [-0.1, -0.05) is 54.1 Å². The molecular formula is C20H21ClN2O2S. The highest BCUT2D eigenvalue weighted by molar-refractivity contribution is 8.00. The first-order valence-corrected chi connectivity index (χ1v) is 10.3. The molecule has 1 unspecified atom stereocenters. The third-order valence-electron chi connectivity index (χ3n) is 4.35. The lowest BCUT2D eigenvalue weighted by molar-refractivity contribution is 0.603. The van der Waals surface area contributed by atoms with Gasteiger partial charge in [0.15, 0.2) is 0 Å². The smallest absolute Gasteiger partial charge is 0.264 e. The van der Waals surface area contributed by atoms with Crippen molar-refractivity contribution in [3.8, 4) is 0 Å². The second-order valence-electron chi connectivity index (χ2n) is 6.42. The number of aryl methyl sites for hydroxylation is 1. The topological polar surface area (TPSA) is 58.5 Å². The Balaban J connectivity index is 1.81. The molecule has 0 spiro atoms. The monoisotopic (exact) mass is 388 g/mol. The minimum Gasteiger partial charge on any atom is -0.264 e. The first-order valence-electron chi connectivity index (χ1n) is 8.48. The summed E-state index contributed by atoms with van der Waals surface area (Å²) in [6, 6.07) is 17.0. The third-order valence-corrected chi connectivity index (χ3v) is 6.14. The molecule has 136 valence electrons. The predicted molar refractivity (Wildman–Crippen MR) is 108 cm³/mol. The summed E-state index contributed by atoms with van der Waals surface area (Å²) in [6.45, 7) is 3.78. The molecule has 26 heavy (non-hydrogen) atoms. The summed E-state index contributed by atoms with van der Waals surface area (Å²) < 4.78 is 27.7. The van der Waals surface area contributed by atoms with Crippen LogP contribution in [0.25, 0.3) is 4.91 Å². The number of nitrogens with one attached hydrogen (secondary N) is 1. The van der Waals surface area contributed by atoms with Crippen LogP contribution in [0.1, 0.15) is 31.4 Å². The molecule has 1 heterocycles. The first-order chi connectivity index (χ1) is 12.4. The van der Waals surface area contributed by atoms with E-state index in [1.165, 1.54) is 5.56 Å². The minimum absolute atomic E-state index is 0.00687. The number of benzene rings is 2. The number of sulfonamides is 1. The Morgan fingerprint density at radius 1 is 1.08 bits per heavy atom. The quantitative estimate of drug-likeness (QED) is 0.823. The Morgan fingerprint density at radius 3 is 2.38 bits per heavy atom. The molecule has 0 amide bonds. The lowest BCUT2D eigenvalue weighted by Gasteiger charge is -2.08. The second-order valence-corrected chi connectivity index (χ2v) is 8.47. The van der Waals surface area contributed by atoms with E-state index in [1.54, 1.807) is 31.2 Å². The summed E-state index contributed by atoms with van der Waals surface area (Å²) >= 11 is 5.90. The summed E-state index contributed by atoms with van der Waals surface area (Å²) in [4.78, 5) is 4.87. The molecule has 3 rings (SSSR count). The Hall–Kier alpha value is -2.11. The van der Waals surface area contributed by atoms with Crippen molar-refractivity contribution in [3.05, 3.63) is 76.3 Å². The molecule has 1 atom stereocenters. The Morgan fingerprint density at radius 2 is 1.73 bits per heavy atom. The van der Waals surface area contributed by atoms with Gasteiger partial charge in [0.25, 0.3) is 10.0 Å². The van der Waals surface area contributed by atoms with Crippen LogP contribution in [-0.4, -0.2) is 20.3 Å². The fourth-order valence-electron chi connectivity index (χ4n) is 2.97. The number of aliphatic imine (C=N–C) groups is 1. The van der Waals surface area contributed by atoms with Crippen molar-refractivity contribution in [1.82, 2.24) is 4.72 Å². The van der Waals surface area contributed by atoms with Crippen molar-refractivity contribution >= 4 is 32.4 Å². The van der Waals surface area contributed by atoms with Crippen molar-refractivity contribution < 1.29 is 8.42 Å². The van der Waals surface area contributed by atoms with Gasteiger partial charge in [0, 0.05) is 16.6 Å². The number of hydrogen-bond acceptors (Lipinski definition) is 3. The largest absolute Gasteiger partial charge is 0.264 e. The zero-order chi connectivity index (χ0) is 18.7. The van der Waals surface area contributed by atoms with Gasteiger partial charge in [0.05, 0.1) is 0 Å². The van der Waals surface area contributed by atoms with Crippen LogP contribution in [0, 0.1) is 0 Å². The standard InChI is InChI=1S/C20H21ClN2O2S/c1-14(8-9-16-6-4-3-5-7-16)22-20-15(2)19(26(24,25)23-20)17-10-12-18(21)13-11-17/h3-7,10-14H,8-9H2,1-2H3,(H,22,23). The fraction of sp³-hybridized carbons (Fsp3) is 0.250. The van der Waals surface area contributed by atoms with Gasteiger partial charge in [-0.15, -0.1) is 0 Å². The van der Waals surface area contributed by atoms with Gasteiger partial charge >= 0.3 is 0 Å². The molecule has 2 aromatic carbocycles. The van der Waals surface area contributed by atoms with Crippen LogP contribution in [-0.2, 0) is 16.4 Å². The van der Waals surface area contributed by atoms with Crippen LogP contribution < -0.4 is 4.72 Å². The van der Waals surface area contributed by atoms with Crippen molar-refractivity contribution in [1.29, 1.82) is 0 Å². The lowest BCUT2D eigenvalue weighted by atomic mass is 10.1. The number of amidine groups is 1. The molecule has 0 aliphatic carbocycles. The molecule has 0 saturated heterocycles. The highest BCUT2D eigenvalue weighted by Crippen LogP contribution is 2.30. The Kier molecular flexibility index (Phi) is 5.49. The van der Waals surface area contributed by atoms with E-state index in [0.717, 1.165) is 12.8 Å². The Bertz CT molecular complexity index is 949. The molecule has 0 radical (unpaired) electrons. The molecule has 1 N–H and O–H groups in total. The summed E-state index contributed by atoms with van der Waals surface area (Å²) in [7, 11) is -3.61. The number of nitrogens with zero attached hydrogens (tertiary/aromatic N) is 1. The maximum atomic E-state index is 12.5. The normalized spacial score (nSPS) is 18.8. The van der Waals surface area contributed by atoms with Crippen molar-refractivity contribution in [2.45, 2.75) is 32.7 Å². The summed E-state index contributed by atoms with van der Waals surface area (Å²) in [5, 5.41) is 0.568. The number of halogens is 1. The van der Waals surface area contributed by atoms with Gasteiger partial charge in [0.2, 0.25) is 0 Å². The molecule has 1 aliphatic rings. The molecular weight excluding hydrogens is 368 g/mol. The van der Waals surface area contributed by atoms with Gasteiger partial charge in [-0.25, -0.2) is 8.42 Å². The van der Waals surface area contributed by atoms with Crippen molar-refractivity contribution in [2.24, 2.45) is 4.99 Å². The highest BCUT2D eigenvalue weighted by Gasteiger charge is 2.32. The minimum atomic E-state index is -3.61. The van der Waals surface area contributed by atoms with Gasteiger partial charge in [-0.3, -0.25) is 9.71 Å². The van der Waals surface area contributed by atoms with Crippen LogP contribution in [0.5, 0.6) is 0 Å². The first kappa shape index (κ1) is 18.7. The highest BCUT2D eigenvalue weighted by atomic mass is 35.5. The van der Waals surface area contributed by atoms with Crippen molar-refractivity contribution in [2.75, 3.05) is 0 Å². The fourth-order valence-corrected chi connectivity index (χ4v) is 4.60. The van der Waals surface area contributed by atoms with Crippen LogP contribution in [0.2, 0.25) is 5.02 Å². The van der Waals surface area contributed by atoms with E-state index in [1.807, 2.05) is 25.1 Å². The predicted octanol–water partition coefficient (Wildman–Crippen LogP) is 4.42. The SMILES string of the molecule is CC1=C(c2ccc(Cl)cc2)S(=O)(=O)NC1=NC(C)CCc1ccccc1. The molecule has 0 aromatic heterocycles. The molecule has 0 saturated carbocycles. The van der Waals surface area contributed by atoms with E-state index in [0.29, 0.717) is 22.0 Å². The third kappa shape index (κ3) is 4.17. The van der Waals surface area contributed by atoms with Gasteiger partial charge in [-0.05, 0) is 49.9 Å². The summed E-state index contributed by atoms with van der Waals surface area (Å²) in [5.74, 6) is 0.426. The molecule has 2 aromatic rings. The zero-order valence-corrected chi connectivity index (χ0v) is 16.3. The van der Waals surface area contributed by atoms with Gasteiger partial charge in [-0.2, -0.15) is 0 Å². The van der Waals surface area contributed by atoms with Gasteiger partial charge < -0.3 is 0 Å². The summed E-state index contributed by atoms with van der Waals surface area (Å²) in [6.07, 6.45) is 1.75. The van der Waals surface area contributed by atoms with E-state index >= 15 is 0 Å². The van der Waals surface area contributed by atoms with E-state index in [4.69, 9.17) is 11.6 Å². The molecule has 0 bridgehead atoms. The average Bonchev–Trinajstić information content (AvgIpc) is 2.83. The Labute approximate surface area is 159 Å². The van der Waals surface area contributed by atoms with Crippen molar-refractivity contribution in [3.63, 3.8) is 0 Å². The summed E-state index contributed by atoms with van der Waals surface area (Å²) in [5.41, 5.74) is 2.50. The van der Waals surface area contributed by atoms with Gasteiger partial charge in [0.1, 0.15) is 10.7 Å². The molecule has 4 nitrogen and oxygen atoms in total. The molecule has 0 fully saturated rings. The second kappa shape index (κ2) is 7.64. The zero-order valence-electron chi connectivity index (χ0n) is 14.7. The maximum absolute atomic E-state index is 12.5. The molecule has 1 aliphatic heterocycles. The van der Waals surface area contributed by atoms with Crippen LogP contribution >= 0.6 is 11.6 Å². The van der Waals surface area contributed by atoms with Crippen LogP contribution in [0.15, 0.2) is 65.2 Å². The van der Waals surface area contributed by atoms with Crippen LogP contribution in [0.4, 0.5) is 0 Å².